The molecule has 0 amide bonds. The summed E-state index contributed by atoms with van der Waals surface area (Å²) in [6, 6.07) is 5.87. The van der Waals surface area contributed by atoms with E-state index in [4.69, 9.17) is 10.2 Å². The molecule has 1 aromatic carbocycles. The molecule has 6 nitrogen and oxygen atoms in total. The molecule has 0 heterocycles. The lowest BCUT2D eigenvalue weighted by atomic mass is 10.3. The molecule has 0 saturated heterocycles. The summed E-state index contributed by atoms with van der Waals surface area (Å²) in [7, 11) is -3.26. The number of anilines is 1. The molecule has 1 rings (SSSR count). The Morgan fingerprint density at radius 1 is 1.28 bits per heavy atom. The molecule has 0 aromatic heterocycles. The number of nitrogens with zero attached hydrogens (tertiary/aromatic N) is 1. The van der Waals surface area contributed by atoms with Gasteiger partial charge in [0.05, 0.1) is 11.5 Å². The van der Waals surface area contributed by atoms with Gasteiger partial charge in [0.25, 0.3) is 0 Å². The Hall–Kier alpha value is -1.60. The topological polar surface area (TPSA) is 94.9 Å². The van der Waals surface area contributed by atoms with Crippen molar-refractivity contribution in [2.24, 2.45) is 0 Å². The summed E-state index contributed by atoms with van der Waals surface area (Å²) in [6.45, 7) is -0.260. The van der Waals surface area contributed by atoms with Gasteiger partial charge in [-0.15, -0.1) is 0 Å². The van der Waals surface area contributed by atoms with Crippen LogP contribution in [0.5, 0.6) is 0 Å². The van der Waals surface area contributed by atoms with Crippen LogP contribution in [0.15, 0.2) is 29.2 Å². The molecule has 7 heteroatoms. The summed E-state index contributed by atoms with van der Waals surface area (Å²) in [5.74, 6) is -1.02. The van der Waals surface area contributed by atoms with Crippen LogP contribution in [-0.4, -0.2) is 50.6 Å². The summed E-state index contributed by atoms with van der Waals surface area (Å²) >= 11 is 0. The van der Waals surface area contributed by atoms with Crippen molar-refractivity contribution in [1.29, 1.82) is 0 Å². The number of rotatable bonds is 6. The molecule has 2 N–H and O–H groups in total. The van der Waals surface area contributed by atoms with E-state index in [2.05, 4.69) is 0 Å². The average Bonchev–Trinajstić information content (AvgIpc) is 2.27. The number of benzene rings is 1. The number of carboxylic acid groups (broad SMARTS) is 1. The van der Waals surface area contributed by atoms with Gasteiger partial charge in [0.2, 0.25) is 0 Å². The lowest BCUT2D eigenvalue weighted by molar-refractivity contribution is -0.135. The fourth-order valence-corrected chi connectivity index (χ4v) is 2.12. The Kier molecular flexibility index (Phi) is 4.69. The van der Waals surface area contributed by atoms with E-state index in [0.717, 1.165) is 6.26 Å². The molecule has 0 aliphatic carbocycles. The number of sulfone groups is 1. The number of aliphatic hydroxyl groups excluding tert-OH is 1. The summed E-state index contributed by atoms with van der Waals surface area (Å²) < 4.78 is 22.5. The maximum Gasteiger partial charge on any atom is 0.323 e. The third-order valence-electron chi connectivity index (χ3n) is 2.33. The van der Waals surface area contributed by atoms with Crippen LogP contribution in [0.2, 0.25) is 0 Å². The van der Waals surface area contributed by atoms with Crippen LogP contribution in [-0.2, 0) is 14.6 Å². The van der Waals surface area contributed by atoms with Crippen LogP contribution in [0.25, 0.3) is 0 Å². The molecule has 0 atom stereocenters. The predicted molar refractivity (Wildman–Crippen MR) is 66.5 cm³/mol. The fourth-order valence-electron chi connectivity index (χ4n) is 1.49. The second-order valence-electron chi connectivity index (χ2n) is 3.80. The Bertz CT molecular complexity index is 509. The average molecular weight is 273 g/mol. The number of hydrogen-bond acceptors (Lipinski definition) is 5. The third kappa shape index (κ3) is 4.01. The standard InChI is InChI=1S/C11H15NO5S/c1-18(16,17)10-4-2-9(3-5-10)12(6-7-13)8-11(14)15/h2-5,13H,6-8H2,1H3,(H,14,15). The van der Waals surface area contributed by atoms with E-state index in [-0.39, 0.29) is 24.6 Å². The molecule has 0 fully saturated rings. The van der Waals surface area contributed by atoms with Gasteiger partial charge in [-0.1, -0.05) is 0 Å². The maximum atomic E-state index is 11.3. The summed E-state index contributed by atoms with van der Waals surface area (Å²) in [5, 5.41) is 17.6. The van der Waals surface area contributed by atoms with E-state index in [9.17, 15) is 13.2 Å². The van der Waals surface area contributed by atoms with Gasteiger partial charge in [-0.3, -0.25) is 4.79 Å². The molecule has 0 unspecified atom stereocenters. The second kappa shape index (κ2) is 5.83. The fraction of sp³-hybridized carbons (Fsp3) is 0.364. The van der Waals surface area contributed by atoms with Gasteiger partial charge in [-0.05, 0) is 24.3 Å². The van der Waals surface area contributed by atoms with Crippen molar-refractivity contribution in [3.63, 3.8) is 0 Å². The first kappa shape index (κ1) is 14.5. The van der Waals surface area contributed by atoms with Gasteiger partial charge < -0.3 is 15.1 Å². The second-order valence-corrected chi connectivity index (χ2v) is 5.82. The smallest absolute Gasteiger partial charge is 0.323 e. The highest BCUT2D eigenvalue weighted by atomic mass is 32.2. The van der Waals surface area contributed by atoms with Gasteiger partial charge in [0.15, 0.2) is 9.84 Å². The number of carboxylic acids is 1. The van der Waals surface area contributed by atoms with E-state index >= 15 is 0 Å². The lowest BCUT2D eigenvalue weighted by Crippen LogP contribution is -2.32. The van der Waals surface area contributed by atoms with Crippen LogP contribution < -0.4 is 4.90 Å². The normalized spacial score (nSPS) is 11.2. The number of aliphatic carboxylic acids is 1. The van der Waals surface area contributed by atoms with Gasteiger partial charge in [-0.2, -0.15) is 0 Å². The van der Waals surface area contributed by atoms with Crippen LogP contribution in [0.3, 0.4) is 0 Å². The van der Waals surface area contributed by atoms with Crippen LogP contribution in [0.1, 0.15) is 0 Å². The van der Waals surface area contributed by atoms with Crippen molar-refractivity contribution in [3.8, 4) is 0 Å². The number of hydrogen-bond donors (Lipinski definition) is 2. The molecule has 18 heavy (non-hydrogen) atoms. The third-order valence-corrected chi connectivity index (χ3v) is 3.45. The minimum atomic E-state index is -3.26. The van der Waals surface area contributed by atoms with Crippen molar-refractivity contribution in [2.75, 3.05) is 30.9 Å². The number of carbonyl (C=O) groups is 1. The Morgan fingerprint density at radius 2 is 1.83 bits per heavy atom. The first-order valence-electron chi connectivity index (χ1n) is 5.22. The molecule has 0 aliphatic heterocycles. The van der Waals surface area contributed by atoms with E-state index in [1.54, 1.807) is 0 Å². The Morgan fingerprint density at radius 3 is 2.22 bits per heavy atom. The van der Waals surface area contributed by atoms with Crippen molar-refractivity contribution in [1.82, 2.24) is 0 Å². The molecule has 0 aliphatic rings. The van der Waals surface area contributed by atoms with Gasteiger partial charge in [-0.25, -0.2) is 8.42 Å². The number of aliphatic hydroxyl groups is 1. The van der Waals surface area contributed by atoms with Gasteiger partial charge in [0.1, 0.15) is 6.54 Å². The molecule has 0 bridgehead atoms. The van der Waals surface area contributed by atoms with E-state index in [1.165, 1.54) is 29.2 Å². The summed E-state index contributed by atoms with van der Waals surface area (Å²) in [6.07, 6.45) is 1.10. The van der Waals surface area contributed by atoms with Crippen molar-refractivity contribution in [3.05, 3.63) is 24.3 Å². The highest BCUT2D eigenvalue weighted by Gasteiger charge is 2.12. The van der Waals surface area contributed by atoms with Crippen LogP contribution >= 0.6 is 0 Å². The highest BCUT2D eigenvalue weighted by molar-refractivity contribution is 7.90. The first-order chi connectivity index (χ1) is 8.34. The lowest BCUT2D eigenvalue weighted by Gasteiger charge is -2.21. The van der Waals surface area contributed by atoms with Crippen molar-refractivity contribution < 1.29 is 23.4 Å². The highest BCUT2D eigenvalue weighted by Crippen LogP contribution is 2.17. The first-order valence-corrected chi connectivity index (χ1v) is 7.11. The summed E-state index contributed by atoms with van der Waals surface area (Å²) in [5.41, 5.74) is 0.554. The largest absolute Gasteiger partial charge is 0.480 e. The molecule has 0 spiro atoms. The van der Waals surface area contributed by atoms with Crippen LogP contribution in [0.4, 0.5) is 5.69 Å². The molecule has 1 aromatic rings. The molecule has 0 saturated carbocycles. The monoisotopic (exact) mass is 273 g/mol. The maximum absolute atomic E-state index is 11.3. The Balaban J connectivity index is 2.96. The predicted octanol–water partition coefficient (Wildman–Crippen LogP) is -0.0266. The van der Waals surface area contributed by atoms with Crippen LogP contribution in [0, 0.1) is 0 Å². The molecule has 0 radical (unpaired) electrons. The SMILES string of the molecule is CS(=O)(=O)c1ccc(N(CCO)CC(=O)O)cc1. The van der Waals surface area contributed by atoms with Crippen molar-refractivity contribution in [2.45, 2.75) is 4.90 Å². The van der Waals surface area contributed by atoms with Gasteiger partial charge >= 0.3 is 5.97 Å². The summed E-state index contributed by atoms with van der Waals surface area (Å²) in [4.78, 5) is 12.3. The minimum Gasteiger partial charge on any atom is -0.480 e. The van der Waals surface area contributed by atoms with Crippen molar-refractivity contribution >= 4 is 21.5 Å². The molecule has 100 valence electrons. The molecular weight excluding hydrogens is 258 g/mol. The van der Waals surface area contributed by atoms with E-state index in [0.29, 0.717) is 5.69 Å². The zero-order valence-corrected chi connectivity index (χ0v) is 10.7. The van der Waals surface area contributed by atoms with Gasteiger partial charge in [0, 0.05) is 18.5 Å². The minimum absolute atomic E-state index is 0.171. The van der Waals surface area contributed by atoms with E-state index < -0.39 is 15.8 Å². The zero-order chi connectivity index (χ0) is 13.8. The van der Waals surface area contributed by atoms with E-state index in [1.807, 2.05) is 0 Å². The molecular formula is C11H15NO5S. The zero-order valence-electron chi connectivity index (χ0n) is 9.91. The quantitative estimate of drug-likeness (QED) is 0.756. The Labute approximate surface area is 105 Å².